The molecule has 2 fully saturated rings. The number of halogens is 3. The fourth-order valence-corrected chi connectivity index (χ4v) is 4.82. The minimum Gasteiger partial charge on any atom is -0.349 e. The quantitative estimate of drug-likeness (QED) is 0.398. The maximum absolute atomic E-state index is 12.8. The van der Waals surface area contributed by atoms with Crippen LogP contribution >= 0.6 is 0 Å². The molecule has 0 radical (unpaired) electrons. The molecule has 2 aliphatic rings. The molecule has 0 bridgehead atoms. The Morgan fingerprint density at radius 3 is 2.50 bits per heavy atom. The zero-order chi connectivity index (χ0) is 25.7. The Balaban J connectivity index is 1.16. The molecule has 3 N–H and O–H groups in total. The van der Waals surface area contributed by atoms with E-state index in [1.165, 1.54) is 6.07 Å². The lowest BCUT2D eigenvalue weighted by molar-refractivity contribution is -0.137. The summed E-state index contributed by atoms with van der Waals surface area (Å²) < 4.78 is 38.5. The summed E-state index contributed by atoms with van der Waals surface area (Å²) in [6, 6.07) is 10.2. The maximum Gasteiger partial charge on any atom is 0.416 e. The van der Waals surface area contributed by atoms with E-state index in [2.05, 4.69) is 25.8 Å². The van der Waals surface area contributed by atoms with Gasteiger partial charge in [0, 0.05) is 36.3 Å². The van der Waals surface area contributed by atoms with Gasteiger partial charge in [0.1, 0.15) is 5.82 Å². The third-order valence-corrected chi connectivity index (χ3v) is 6.72. The Bertz CT molecular complexity index is 1140. The first-order valence-electron chi connectivity index (χ1n) is 11.8. The van der Waals surface area contributed by atoms with Crippen molar-refractivity contribution in [2.45, 2.75) is 49.9 Å². The lowest BCUT2D eigenvalue weighted by Gasteiger charge is -2.46. The van der Waals surface area contributed by atoms with Gasteiger partial charge in [-0.2, -0.15) is 18.4 Å². The molecule has 2 amide bonds. The molecule has 8 nitrogen and oxygen atoms in total. The van der Waals surface area contributed by atoms with Crippen LogP contribution in [-0.4, -0.2) is 53.4 Å². The fourth-order valence-electron chi connectivity index (χ4n) is 4.82. The first-order chi connectivity index (χ1) is 17.2. The van der Waals surface area contributed by atoms with Gasteiger partial charge in [0.25, 0.3) is 5.91 Å². The summed E-state index contributed by atoms with van der Waals surface area (Å²) in [6.07, 6.45) is 1.40. The number of nitrogens with one attached hydrogen (secondary N) is 3. The number of anilines is 1. The molecular formula is C25H27F3N6O2. The summed E-state index contributed by atoms with van der Waals surface area (Å²) in [4.78, 5) is 31.2. The van der Waals surface area contributed by atoms with Crippen LogP contribution in [0.3, 0.4) is 0 Å². The third-order valence-electron chi connectivity index (χ3n) is 6.72. The number of likely N-dealkylation sites (tertiary alicyclic amines) is 1. The van der Waals surface area contributed by atoms with Gasteiger partial charge in [0.05, 0.1) is 18.2 Å². The SMILES string of the molecule is N#CNc1cccc(C2CCC(N3CC(NC(=O)CNC(=O)c4cccc(C(F)(F)F)c4)C3)CC2)n1. The molecule has 0 unspecified atom stereocenters. The Kier molecular flexibility index (Phi) is 7.74. The zero-order valence-electron chi connectivity index (χ0n) is 19.5. The van der Waals surface area contributed by atoms with Gasteiger partial charge in [-0.1, -0.05) is 12.1 Å². The summed E-state index contributed by atoms with van der Waals surface area (Å²) in [7, 11) is 0. The van der Waals surface area contributed by atoms with Crippen molar-refractivity contribution in [2.75, 3.05) is 25.0 Å². The molecule has 2 heterocycles. The summed E-state index contributed by atoms with van der Waals surface area (Å²) in [6.45, 7) is 1.15. The van der Waals surface area contributed by atoms with Crippen LogP contribution in [0.5, 0.6) is 0 Å². The summed E-state index contributed by atoms with van der Waals surface area (Å²) in [5.74, 6) is -0.185. The normalized spacial score (nSPS) is 20.6. The van der Waals surface area contributed by atoms with Crippen molar-refractivity contribution in [3.05, 3.63) is 59.3 Å². The van der Waals surface area contributed by atoms with Crippen molar-refractivity contribution < 1.29 is 22.8 Å². The van der Waals surface area contributed by atoms with E-state index in [1.54, 1.807) is 6.07 Å². The topological polar surface area (TPSA) is 110 Å². The van der Waals surface area contributed by atoms with Crippen LogP contribution in [-0.2, 0) is 11.0 Å². The highest BCUT2D eigenvalue weighted by Gasteiger charge is 2.36. The van der Waals surface area contributed by atoms with E-state index in [0.717, 1.165) is 62.7 Å². The number of alkyl halides is 3. The summed E-state index contributed by atoms with van der Waals surface area (Å²) in [5, 5.41) is 16.6. The zero-order valence-corrected chi connectivity index (χ0v) is 19.5. The Labute approximate surface area is 206 Å². The monoisotopic (exact) mass is 500 g/mol. The number of aromatic nitrogens is 1. The lowest BCUT2D eigenvalue weighted by Crippen LogP contribution is -2.63. The maximum atomic E-state index is 12.8. The molecule has 190 valence electrons. The number of nitrogens with zero attached hydrogens (tertiary/aromatic N) is 3. The van der Waals surface area contributed by atoms with Gasteiger partial charge in [0.15, 0.2) is 6.19 Å². The Morgan fingerprint density at radius 1 is 1.08 bits per heavy atom. The third kappa shape index (κ3) is 6.31. The largest absolute Gasteiger partial charge is 0.416 e. The summed E-state index contributed by atoms with van der Waals surface area (Å²) >= 11 is 0. The van der Waals surface area contributed by atoms with Crippen LogP contribution in [0, 0.1) is 11.5 Å². The van der Waals surface area contributed by atoms with Crippen molar-refractivity contribution in [3.63, 3.8) is 0 Å². The first kappa shape index (κ1) is 25.4. The van der Waals surface area contributed by atoms with Crippen molar-refractivity contribution >= 4 is 17.6 Å². The van der Waals surface area contributed by atoms with Gasteiger partial charge < -0.3 is 10.6 Å². The molecule has 1 aliphatic carbocycles. The molecule has 4 rings (SSSR count). The highest BCUT2D eigenvalue weighted by molar-refractivity contribution is 5.96. The van der Waals surface area contributed by atoms with Crippen molar-refractivity contribution in [3.8, 4) is 6.19 Å². The van der Waals surface area contributed by atoms with E-state index in [0.29, 0.717) is 17.8 Å². The molecule has 1 saturated carbocycles. The van der Waals surface area contributed by atoms with Gasteiger partial charge in [-0.05, 0) is 56.0 Å². The fraction of sp³-hybridized carbons (Fsp3) is 0.440. The number of benzene rings is 1. The second kappa shape index (κ2) is 11.0. The van der Waals surface area contributed by atoms with E-state index in [4.69, 9.17) is 5.26 Å². The summed E-state index contributed by atoms with van der Waals surface area (Å²) in [5.41, 5.74) is -0.0649. The van der Waals surface area contributed by atoms with Gasteiger partial charge >= 0.3 is 6.18 Å². The predicted molar refractivity (Wildman–Crippen MR) is 126 cm³/mol. The highest BCUT2D eigenvalue weighted by Crippen LogP contribution is 2.35. The van der Waals surface area contributed by atoms with Gasteiger partial charge in [-0.3, -0.25) is 19.8 Å². The molecule has 11 heteroatoms. The molecule has 2 aromatic rings. The Hall–Kier alpha value is -3.65. The first-order valence-corrected chi connectivity index (χ1v) is 11.8. The molecule has 0 spiro atoms. The average Bonchev–Trinajstić information content (AvgIpc) is 2.84. The number of rotatable bonds is 7. The standard InChI is InChI=1S/C25H27F3N6O2/c26-25(27,28)18-4-1-3-17(11-18)24(36)30-12-23(35)32-19-13-34(14-19)20-9-7-16(8-10-20)21-5-2-6-22(33-21)31-15-29/h1-6,11,16,19-20H,7-10,12-14H2,(H,30,36)(H,31,33)(H,32,35). The number of amides is 2. The second-order valence-corrected chi connectivity index (χ2v) is 9.17. The van der Waals surface area contributed by atoms with Gasteiger partial charge in [0.2, 0.25) is 5.91 Å². The van der Waals surface area contributed by atoms with Crippen molar-refractivity contribution in [1.29, 1.82) is 5.26 Å². The predicted octanol–water partition coefficient (Wildman–Crippen LogP) is 3.25. The number of hydrogen-bond donors (Lipinski definition) is 3. The highest BCUT2D eigenvalue weighted by atomic mass is 19.4. The van der Waals surface area contributed by atoms with Crippen LogP contribution in [0.25, 0.3) is 0 Å². The van der Waals surface area contributed by atoms with Crippen LogP contribution < -0.4 is 16.0 Å². The molecule has 1 aromatic heterocycles. The number of nitriles is 1. The minimum absolute atomic E-state index is 0.0175. The Morgan fingerprint density at radius 2 is 1.81 bits per heavy atom. The van der Waals surface area contributed by atoms with Gasteiger partial charge in [-0.25, -0.2) is 4.98 Å². The molecule has 1 aromatic carbocycles. The van der Waals surface area contributed by atoms with E-state index < -0.39 is 17.6 Å². The minimum atomic E-state index is -4.54. The molecule has 1 saturated heterocycles. The number of carbonyl (C=O) groups is 2. The smallest absolute Gasteiger partial charge is 0.349 e. The molecule has 0 atom stereocenters. The van der Waals surface area contributed by atoms with Crippen LogP contribution in [0.2, 0.25) is 0 Å². The van der Waals surface area contributed by atoms with Crippen molar-refractivity contribution in [2.24, 2.45) is 0 Å². The van der Waals surface area contributed by atoms with Gasteiger partial charge in [-0.15, -0.1) is 0 Å². The second-order valence-electron chi connectivity index (χ2n) is 9.17. The van der Waals surface area contributed by atoms with Crippen LogP contribution in [0.1, 0.15) is 53.2 Å². The van der Waals surface area contributed by atoms with Crippen LogP contribution in [0.15, 0.2) is 42.5 Å². The lowest BCUT2D eigenvalue weighted by atomic mass is 9.82. The molecule has 36 heavy (non-hydrogen) atoms. The molecule has 1 aliphatic heterocycles. The van der Waals surface area contributed by atoms with Crippen LogP contribution in [0.4, 0.5) is 19.0 Å². The van der Waals surface area contributed by atoms with E-state index in [9.17, 15) is 22.8 Å². The number of carbonyl (C=O) groups excluding carboxylic acids is 2. The average molecular weight is 501 g/mol. The number of hydrogen-bond acceptors (Lipinski definition) is 6. The van der Waals surface area contributed by atoms with E-state index in [1.807, 2.05) is 18.3 Å². The van der Waals surface area contributed by atoms with E-state index >= 15 is 0 Å². The number of pyridine rings is 1. The van der Waals surface area contributed by atoms with E-state index in [-0.39, 0.29) is 24.1 Å². The molecular weight excluding hydrogens is 473 g/mol. The van der Waals surface area contributed by atoms with Crippen molar-refractivity contribution in [1.82, 2.24) is 20.5 Å².